The van der Waals surface area contributed by atoms with Gasteiger partial charge in [-0.15, -0.1) is 0 Å². The lowest BCUT2D eigenvalue weighted by Gasteiger charge is -2.19. The van der Waals surface area contributed by atoms with Gasteiger partial charge in [0.05, 0.1) is 0 Å². The molecule has 0 saturated heterocycles. The van der Waals surface area contributed by atoms with Gasteiger partial charge >= 0.3 is 12.1 Å². The molecule has 0 aliphatic heterocycles. The Hall–Kier alpha value is -0.880. The smallest absolute Gasteiger partial charge is 0.373 e. The van der Waals surface area contributed by atoms with E-state index in [-0.39, 0.29) is 12.2 Å². The minimum Gasteiger partial charge on any atom is -0.480 e. The van der Waals surface area contributed by atoms with E-state index in [0.29, 0.717) is 5.75 Å². The molecular formula is C10H20N2O4S. The van der Waals surface area contributed by atoms with E-state index in [2.05, 4.69) is 4.90 Å². The van der Waals surface area contributed by atoms with E-state index in [1.54, 1.807) is 30.8 Å². The maximum atomic E-state index is 10.8. The zero-order valence-corrected chi connectivity index (χ0v) is 11.5. The van der Waals surface area contributed by atoms with Gasteiger partial charge in [0.25, 0.3) is 0 Å². The highest BCUT2D eigenvalue weighted by atomic mass is 32.2. The maximum Gasteiger partial charge on any atom is 0.373 e. The van der Waals surface area contributed by atoms with E-state index >= 15 is 0 Å². The van der Waals surface area contributed by atoms with E-state index in [1.165, 1.54) is 0 Å². The first-order valence-electron chi connectivity index (χ1n) is 4.97. The second-order valence-electron chi connectivity index (χ2n) is 3.78. The lowest BCUT2D eigenvalue weighted by atomic mass is 10.3. The van der Waals surface area contributed by atoms with Gasteiger partial charge in [-0.1, -0.05) is 0 Å². The molecule has 6 nitrogen and oxygen atoms in total. The van der Waals surface area contributed by atoms with Crippen molar-refractivity contribution in [2.45, 2.75) is 6.04 Å². The van der Waals surface area contributed by atoms with Gasteiger partial charge in [-0.2, -0.15) is 21.4 Å². The molecule has 0 bridgehead atoms. The fraction of sp³-hybridized carbons (Fsp3) is 0.800. The maximum absolute atomic E-state index is 10.8. The number of nitrogens with zero attached hydrogens (tertiary/aromatic N) is 2. The second kappa shape index (κ2) is 11.6. The molecule has 0 aliphatic carbocycles. The Labute approximate surface area is 106 Å². The van der Waals surface area contributed by atoms with Crippen LogP contribution in [0.4, 0.5) is 0 Å². The molecule has 1 atom stereocenters. The van der Waals surface area contributed by atoms with Crippen LogP contribution in [0.2, 0.25) is 0 Å². The topological polar surface area (TPSA) is 77.9 Å². The summed E-state index contributed by atoms with van der Waals surface area (Å²) in [7, 11) is 7.62. The van der Waals surface area contributed by atoms with Crippen LogP contribution in [0.5, 0.6) is 0 Å². The summed E-state index contributed by atoms with van der Waals surface area (Å²) in [5.41, 5.74) is 0. The van der Waals surface area contributed by atoms with Crippen molar-refractivity contribution in [1.29, 1.82) is 0 Å². The van der Waals surface area contributed by atoms with E-state index in [1.807, 2.05) is 14.1 Å². The van der Waals surface area contributed by atoms with Crippen LogP contribution in [0.25, 0.3) is 0 Å². The van der Waals surface area contributed by atoms with Crippen LogP contribution in [0.3, 0.4) is 0 Å². The summed E-state index contributed by atoms with van der Waals surface area (Å²) in [5, 5.41) is 8.89. The van der Waals surface area contributed by atoms with Gasteiger partial charge in [-0.3, -0.25) is 9.69 Å². The molecule has 100 valence electrons. The first-order chi connectivity index (χ1) is 7.86. The second-order valence-corrected chi connectivity index (χ2v) is 4.93. The number of carboxylic acid groups (broad SMARTS) is 1. The molecule has 17 heavy (non-hydrogen) atoms. The number of carbonyl (C=O) groups is 1. The molecule has 7 heteroatoms. The number of rotatable bonds is 7. The van der Waals surface area contributed by atoms with Crippen molar-refractivity contribution < 1.29 is 19.5 Å². The molecule has 0 aromatic heterocycles. The molecule has 0 saturated carbocycles. The number of carbonyl (C=O) groups excluding carboxylic acids is 2. The SMILES string of the molecule is CN(C)CCSC[C@@H](C(=O)O)N(C)C.O=C=O. The summed E-state index contributed by atoms with van der Waals surface area (Å²) in [5.74, 6) is 0.883. The minimum absolute atomic E-state index is 0.250. The minimum atomic E-state index is -0.743. The van der Waals surface area contributed by atoms with Crippen LogP contribution >= 0.6 is 11.8 Å². The molecule has 0 unspecified atom stereocenters. The van der Waals surface area contributed by atoms with Gasteiger partial charge in [0.1, 0.15) is 6.04 Å². The first kappa shape index (κ1) is 18.5. The van der Waals surface area contributed by atoms with Crippen LogP contribution in [0.1, 0.15) is 0 Å². The van der Waals surface area contributed by atoms with Crippen LogP contribution in [0, 0.1) is 0 Å². The van der Waals surface area contributed by atoms with Gasteiger partial charge in [-0.05, 0) is 28.2 Å². The van der Waals surface area contributed by atoms with Crippen molar-refractivity contribution in [3.63, 3.8) is 0 Å². The lowest BCUT2D eigenvalue weighted by Crippen LogP contribution is -2.38. The van der Waals surface area contributed by atoms with Crippen LogP contribution in [-0.2, 0) is 14.4 Å². The first-order valence-corrected chi connectivity index (χ1v) is 6.13. The molecule has 0 amide bonds. The average molecular weight is 264 g/mol. The predicted molar refractivity (Wildman–Crippen MR) is 66.0 cm³/mol. The van der Waals surface area contributed by atoms with Crippen molar-refractivity contribution >= 4 is 23.9 Å². The van der Waals surface area contributed by atoms with E-state index < -0.39 is 5.97 Å². The van der Waals surface area contributed by atoms with Crippen molar-refractivity contribution in [3.8, 4) is 0 Å². The number of likely N-dealkylation sites (N-methyl/N-ethyl adjacent to an activating group) is 1. The summed E-state index contributed by atoms with van der Waals surface area (Å²) in [6.07, 6.45) is 0.250. The Morgan fingerprint density at radius 3 is 2.06 bits per heavy atom. The van der Waals surface area contributed by atoms with Crippen LogP contribution in [0.15, 0.2) is 0 Å². The van der Waals surface area contributed by atoms with Gasteiger partial charge in [-0.25, -0.2) is 0 Å². The third-order valence-corrected chi connectivity index (χ3v) is 2.89. The van der Waals surface area contributed by atoms with Crippen molar-refractivity contribution in [2.24, 2.45) is 0 Å². The molecule has 0 fully saturated rings. The fourth-order valence-corrected chi connectivity index (χ4v) is 2.21. The largest absolute Gasteiger partial charge is 0.480 e. The van der Waals surface area contributed by atoms with Gasteiger partial charge in [0.2, 0.25) is 0 Å². The monoisotopic (exact) mass is 264 g/mol. The van der Waals surface area contributed by atoms with Gasteiger partial charge < -0.3 is 10.0 Å². The normalized spacial score (nSPS) is 11.6. The fourth-order valence-electron chi connectivity index (χ4n) is 0.883. The zero-order chi connectivity index (χ0) is 13.8. The summed E-state index contributed by atoms with van der Waals surface area (Å²) >= 11 is 1.68. The number of hydrogen-bond acceptors (Lipinski definition) is 6. The molecule has 0 aromatic carbocycles. The summed E-state index contributed by atoms with van der Waals surface area (Å²) in [4.78, 5) is 30.9. The lowest BCUT2D eigenvalue weighted by molar-refractivity contribution is -0.191. The van der Waals surface area contributed by atoms with Crippen LogP contribution < -0.4 is 0 Å². The predicted octanol–water partition coefficient (Wildman–Crippen LogP) is -0.287. The molecule has 0 aromatic rings. The number of thioether (sulfide) groups is 1. The van der Waals surface area contributed by atoms with Gasteiger partial charge in [0, 0.05) is 18.1 Å². The average Bonchev–Trinajstić information content (AvgIpc) is 2.16. The zero-order valence-electron chi connectivity index (χ0n) is 10.7. The van der Waals surface area contributed by atoms with E-state index in [4.69, 9.17) is 14.7 Å². The van der Waals surface area contributed by atoms with Crippen LogP contribution in [-0.4, -0.2) is 79.3 Å². The Kier molecular flexibility index (Phi) is 12.6. The number of aliphatic carboxylic acids is 1. The molecular weight excluding hydrogens is 244 g/mol. The number of hydrogen-bond donors (Lipinski definition) is 1. The summed E-state index contributed by atoms with van der Waals surface area (Å²) in [6.45, 7) is 0.991. The van der Waals surface area contributed by atoms with E-state index in [9.17, 15) is 4.79 Å². The quantitative estimate of drug-likeness (QED) is 0.633. The molecule has 1 N–H and O–H groups in total. The number of carboxylic acids is 1. The standard InChI is InChI=1S/C9H20N2O2S.CO2/c1-10(2)5-6-14-7-8(9(12)13)11(3)4;2-1-3/h8H,5-7H2,1-4H3,(H,12,13);/t8-;/m0./s1. The summed E-state index contributed by atoms with van der Waals surface area (Å²) in [6, 6.07) is -0.373. The Balaban J connectivity index is 0. The Morgan fingerprint density at radius 2 is 1.76 bits per heavy atom. The molecule has 0 aliphatic rings. The van der Waals surface area contributed by atoms with Crippen molar-refractivity contribution in [2.75, 3.05) is 46.2 Å². The van der Waals surface area contributed by atoms with Crippen molar-refractivity contribution in [1.82, 2.24) is 9.80 Å². The third-order valence-electron chi connectivity index (χ3n) is 1.87. The van der Waals surface area contributed by atoms with Gasteiger partial charge in [0.15, 0.2) is 0 Å². The molecule has 0 heterocycles. The Bertz CT molecular complexity index is 240. The molecule has 0 spiro atoms. The molecule has 0 radical (unpaired) electrons. The van der Waals surface area contributed by atoms with E-state index in [0.717, 1.165) is 12.3 Å². The summed E-state index contributed by atoms with van der Waals surface area (Å²) < 4.78 is 0. The highest BCUT2D eigenvalue weighted by Crippen LogP contribution is 2.06. The van der Waals surface area contributed by atoms with Crippen molar-refractivity contribution in [3.05, 3.63) is 0 Å². The molecule has 0 rings (SSSR count). The Morgan fingerprint density at radius 1 is 1.29 bits per heavy atom. The highest BCUT2D eigenvalue weighted by Gasteiger charge is 2.19. The highest BCUT2D eigenvalue weighted by molar-refractivity contribution is 7.99. The third kappa shape index (κ3) is 13.1.